The SMILES string of the molecule is Cc1noc(C)c1COc1ccccc1C(=O)N1CCCC(C)CC1. The fraction of sp³-hybridized carbons (Fsp3) is 0.500. The van der Waals surface area contributed by atoms with E-state index in [0.717, 1.165) is 42.9 Å². The van der Waals surface area contributed by atoms with Crippen molar-refractivity contribution in [3.05, 3.63) is 46.8 Å². The molecule has 0 spiro atoms. The summed E-state index contributed by atoms with van der Waals surface area (Å²) in [5.41, 5.74) is 2.39. The van der Waals surface area contributed by atoms with Crippen molar-refractivity contribution in [2.75, 3.05) is 13.1 Å². The molecule has 25 heavy (non-hydrogen) atoms. The minimum Gasteiger partial charge on any atom is -0.488 e. The molecule has 1 saturated heterocycles. The predicted molar refractivity (Wildman–Crippen MR) is 95.7 cm³/mol. The van der Waals surface area contributed by atoms with Crippen molar-refractivity contribution in [3.8, 4) is 5.75 Å². The molecule has 1 aliphatic heterocycles. The first-order valence-electron chi connectivity index (χ1n) is 8.99. The molecule has 1 fully saturated rings. The molecule has 5 nitrogen and oxygen atoms in total. The number of hydrogen-bond donors (Lipinski definition) is 0. The first-order valence-corrected chi connectivity index (χ1v) is 8.99. The van der Waals surface area contributed by atoms with Crippen LogP contribution in [0.2, 0.25) is 0 Å². The van der Waals surface area contributed by atoms with Crippen LogP contribution in [0.25, 0.3) is 0 Å². The topological polar surface area (TPSA) is 55.6 Å². The summed E-state index contributed by atoms with van der Waals surface area (Å²) >= 11 is 0. The molecule has 0 radical (unpaired) electrons. The Morgan fingerprint density at radius 3 is 2.84 bits per heavy atom. The average molecular weight is 342 g/mol. The van der Waals surface area contributed by atoms with E-state index in [1.807, 2.05) is 43.0 Å². The van der Waals surface area contributed by atoms with Gasteiger partial charge >= 0.3 is 0 Å². The van der Waals surface area contributed by atoms with Gasteiger partial charge in [0.05, 0.1) is 16.8 Å². The third kappa shape index (κ3) is 4.03. The maximum Gasteiger partial charge on any atom is 0.257 e. The molecule has 2 aromatic rings. The van der Waals surface area contributed by atoms with Crippen LogP contribution in [-0.4, -0.2) is 29.1 Å². The van der Waals surface area contributed by atoms with Crippen LogP contribution in [0, 0.1) is 19.8 Å². The monoisotopic (exact) mass is 342 g/mol. The molecule has 1 atom stereocenters. The Morgan fingerprint density at radius 1 is 1.28 bits per heavy atom. The lowest BCUT2D eigenvalue weighted by atomic mass is 10.0. The van der Waals surface area contributed by atoms with Gasteiger partial charge < -0.3 is 14.2 Å². The van der Waals surface area contributed by atoms with Crippen molar-refractivity contribution < 1.29 is 14.1 Å². The van der Waals surface area contributed by atoms with Gasteiger partial charge in [0.25, 0.3) is 5.91 Å². The molecule has 1 amide bonds. The summed E-state index contributed by atoms with van der Waals surface area (Å²) in [5, 5.41) is 3.95. The van der Waals surface area contributed by atoms with Crippen molar-refractivity contribution in [1.29, 1.82) is 0 Å². The fourth-order valence-electron chi connectivity index (χ4n) is 3.26. The van der Waals surface area contributed by atoms with Crippen LogP contribution in [0.15, 0.2) is 28.8 Å². The normalized spacial score (nSPS) is 18.0. The average Bonchev–Trinajstić information content (AvgIpc) is 2.80. The first-order chi connectivity index (χ1) is 12.1. The lowest BCUT2D eigenvalue weighted by Gasteiger charge is -2.22. The van der Waals surface area contributed by atoms with Gasteiger partial charge in [0.1, 0.15) is 18.1 Å². The van der Waals surface area contributed by atoms with Gasteiger partial charge in [0, 0.05) is 13.1 Å². The van der Waals surface area contributed by atoms with E-state index in [-0.39, 0.29) is 5.91 Å². The van der Waals surface area contributed by atoms with E-state index in [1.54, 1.807) is 0 Å². The molecule has 0 aliphatic carbocycles. The molecule has 134 valence electrons. The van der Waals surface area contributed by atoms with Crippen LogP contribution in [0.4, 0.5) is 0 Å². The summed E-state index contributed by atoms with van der Waals surface area (Å²) in [7, 11) is 0. The zero-order chi connectivity index (χ0) is 17.8. The molecule has 2 heterocycles. The lowest BCUT2D eigenvalue weighted by molar-refractivity contribution is 0.0755. The lowest BCUT2D eigenvalue weighted by Crippen LogP contribution is -2.32. The van der Waals surface area contributed by atoms with Crippen molar-refractivity contribution in [2.24, 2.45) is 5.92 Å². The zero-order valence-corrected chi connectivity index (χ0v) is 15.2. The molecule has 3 rings (SSSR count). The summed E-state index contributed by atoms with van der Waals surface area (Å²) in [6.45, 7) is 8.01. The molecular weight excluding hydrogens is 316 g/mol. The van der Waals surface area contributed by atoms with Gasteiger partial charge in [-0.2, -0.15) is 0 Å². The number of nitrogens with zero attached hydrogens (tertiary/aromatic N) is 2. The van der Waals surface area contributed by atoms with Gasteiger partial charge in [-0.15, -0.1) is 0 Å². The summed E-state index contributed by atoms with van der Waals surface area (Å²) < 4.78 is 11.1. The number of rotatable bonds is 4. The van der Waals surface area contributed by atoms with Gasteiger partial charge in [-0.1, -0.05) is 24.2 Å². The van der Waals surface area contributed by atoms with E-state index in [2.05, 4.69) is 12.1 Å². The minimum atomic E-state index is 0.0588. The van der Waals surface area contributed by atoms with Gasteiger partial charge in [-0.25, -0.2) is 0 Å². The summed E-state index contributed by atoms with van der Waals surface area (Å²) in [5.74, 6) is 2.11. The number of aromatic nitrogens is 1. The standard InChI is InChI=1S/C20H26N2O3/c1-14-7-6-11-22(12-10-14)20(23)17-8-4-5-9-19(17)24-13-18-15(2)21-25-16(18)3/h4-5,8-9,14H,6-7,10-13H2,1-3H3. The number of hydrogen-bond acceptors (Lipinski definition) is 4. The summed E-state index contributed by atoms with van der Waals surface area (Å²) in [6, 6.07) is 7.48. The number of likely N-dealkylation sites (tertiary alicyclic amines) is 1. The summed E-state index contributed by atoms with van der Waals surface area (Å²) in [4.78, 5) is 15.0. The van der Waals surface area contributed by atoms with Crippen molar-refractivity contribution >= 4 is 5.91 Å². The van der Waals surface area contributed by atoms with Gasteiger partial charge in [-0.05, 0) is 51.2 Å². The second kappa shape index (κ2) is 7.72. The number of aryl methyl sites for hydroxylation is 2. The molecule has 0 bridgehead atoms. The molecule has 5 heteroatoms. The Morgan fingerprint density at radius 2 is 2.08 bits per heavy atom. The first kappa shape index (κ1) is 17.5. The number of carbonyl (C=O) groups is 1. The molecule has 1 aliphatic rings. The Balaban J connectivity index is 1.75. The van der Waals surface area contributed by atoms with E-state index in [1.165, 1.54) is 6.42 Å². The Labute approximate surface area is 148 Å². The zero-order valence-electron chi connectivity index (χ0n) is 15.2. The Kier molecular flexibility index (Phi) is 5.41. The quantitative estimate of drug-likeness (QED) is 0.838. The Bertz CT molecular complexity index is 719. The number of para-hydroxylation sites is 1. The molecule has 0 N–H and O–H groups in total. The van der Waals surface area contributed by atoms with Crippen molar-refractivity contribution in [3.63, 3.8) is 0 Å². The van der Waals surface area contributed by atoms with Crippen LogP contribution in [0.5, 0.6) is 5.75 Å². The number of ether oxygens (including phenoxy) is 1. The Hall–Kier alpha value is -2.30. The van der Waals surface area contributed by atoms with Crippen molar-refractivity contribution in [1.82, 2.24) is 10.1 Å². The van der Waals surface area contributed by atoms with E-state index >= 15 is 0 Å². The van der Waals surface area contributed by atoms with Gasteiger partial charge in [0.15, 0.2) is 0 Å². The van der Waals surface area contributed by atoms with Crippen LogP contribution in [0.3, 0.4) is 0 Å². The second-order valence-electron chi connectivity index (χ2n) is 6.92. The maximum absolute atomic E-state index is 13.0. The highest BCUT2D eigenvalue weighted by molar-refractivity contribution is 5.97. The van der Waals surface area contributed by atoms with Crippen LogP contribution in [-0.2, 0) is 6.61 Å². The van der Waals surface area contributed by atoms with Crippen LogP contribution >= 0.6 is 0 Å². The molecule has 1 unspecified atom stereocenters. The van der Waals surface area contributed by atoms with Gasteiger partial charge in [0.2, 0.25) is 0 Å². The molecule has 0 saturated carbocycles. The number of amides is 1. The fourth-order valence-corrected chi connectivity index (χ4v) is 3.26. The smallest absolute Gasteiger partial charge is 0.257 e. The molecule has 1 aromatic heterocycles. The maximum atomic E-state index is 13.0. The number of benzene rings is 1. The highest BCUT2D eigenvalue weighted by atomic mass is 16.5. The van der Waals surface area contributed by atoms with Gasteiger partial charge in [-0.3, -0.25) is 4.79 Å². The van der Waals surface area contributed by atoms with E-state index in [9.17, 15) is 4.79 Å². The highest BCUT2D eigenvalue weighted by Crippen LogP contribution is 2.25. The predicted octanol–water partition coefficient (Wildman–Crippen LogP) is 4.13. The third-order valence-electron chi connectivity index (χ3n) is 4.97. The minimum absolute atomic E-state index is 0.0588. The van der Waals surface area contributed by atoms with E-state index < -0.39 is 0 Å². The molecule has 1 aromatic carbocycles. The third-order valence-corrected chi connectivity index (χ3v) is 4.97. The largest absolute Gasteiger partial charge is 0.488 e. The second-order valence-corrected chi connectivity index (χ2v) is 6.92. The highest BCUT2D eigenvalue weighted by Gasteiger charge is 2.22. The van der Waals surface area contributed by atoms with Crippen LogP contribution < -0.4 is 4.74 Å². The van der Waals surface area contributed by atoms with Crippen LogP contribution in [0.1, 0.15) is 53.6 Å². The molecular formula is C20H26N2O3. The van der Waals surface area contributed by atoms with Crippen molar-refractivity contribution in [2.45, 2.75) is 46.6 Å². The number of carbonyl (C=O) groups excluding carboxylic acids is 1. The van der Waals surface area contributed by atoms with E-state index in [0.29, 0.717) is 23.8 Å². The van der Waals surface area contributed by atoms with E-state index in [4.69, 9.17) is 9.26 Å². The summed E-state index contributed by atoms with van der Waals surface area (Å²) in [6.07, 6.45) is 3.32.